The molecule has 0 unspecified atom stereocenters. The number of rotatable bonds is 4. The molecule has 1 aromatic heterocycles. The van der Waals surface area contributed by atoms with E-state index >= 15 is 0 Å². The number of fused-ring (bicyclic) bond motifs is 1. The number of methoxy groups -OCH3 is 2. The Bertz CT molecular complexity index is 1050. The lowest BCUT2D eigenvalue weighted by atomic mass is 10.1. The summed E-state index contributed by atoms with van der Waals surface area (Å²) in [5.41, 5.74) is 2.59. The second-order valence-corrected chi connectivity index (χ2v) is 7.28. The topological polar surface area (TPSA) is 54.9 Å². The maximum absolute atomic E-state index is 12.9. The predicted octanol–water partition coefficient (Wildman–Crippen LogP) is 3.87. The minimum Gasteiger partial charge on any atom is -0.493 e. The average molecular weight is 412 g/mol. The molecule has 4 rings (SSSR count). The van der Waals surface area contributed by atoms with Crippen LogP contribution in [-0.2, 0) is 0 Å². The van der Waals surface area contributed by atoms with E-state index in [9.17, 15) is 4.79 Å². The number of carbonyl (C=O) groups excluding carboxylic acids is 1. The van der Waals surface area contributed by atoms with E-state index in [2.05, 4.69) is 9.88 Å². The lowest BCUT2D eigenvalue weighted by molar-refractivity contribution is 0.0746. The van der Waals surface area contributed by atoms with Gasteiger partial charge in [-0.1, -0.05) is 11.6 Å². The van der Waals surface area contributed by atoms with E-state index < -0.39 is 0 Å². The van der Waals surface area contributed by atoms with Crippen molar-refractivity contribution in [3.8, 4) is 11.5 Å². The minimum atomic E-state index is -0.00280. The van der Waals surface area contributed by atoms with Gasteiger partial charge in [-0.15, -0.1) is 0 Å². The fourth-order valence-corrected chi connectivity index (χ4v) is 3.85. The first kappa shape index (κ1) is 19.3. The first-order valence-electron chi connectivity index (χ1n) is 9.41. The van der Waals surface area contributed by atoms with Crippen LogP contribution in [0.1, 0.15) is 10.4 Å². The van der Waals surface area contributed by atoms with Crippen LogP contribution >= 0.6 is 11.6 Å². The molecule has 0 radical (unpaired) electrons. The summed E-state index contributed by atoms with van der Waals surface area (Å²) in [5.74, 6) is 1.16. The van der Waals surface area contributed by atoms with Gasteiger partial charge in [0.25, 0.3) is 5.91 Å². The monoisotopic (exact) mass is 411 g/mol. The summed E-state index contributed by atoms with van der Waals surface area (Å²) in [6, 6.07) is 13.0. The number of ether oxygens (including phenoxy) is 2. The summed E-state index contributed by atoms with van der Waals surface area (Å²) in [6.45, 7) is 2.79. The molecule has 0 N–H and O–H groups in total. The number of nitrogens with zero attached hydrogens (tertiary/aromatic N) is 3. The highest BCUT2D eigenvalue weighted by Gasteiger charge is 2.24. The van der Waals surface area contributed by atoms with Crippen molar-refractivity contribution >= 4 is 34.1 Å². The zero-order chi connectivity index (χ0) is 20.4. The molecule has 1 amide bonds. The molecule has 0 saturated carbocycles. The van der Waals surface area contributed by atoms with Crippen LogP contribution in [0.2, 0.25) is 5.02 Å². The number of hydrogen-bond donors (Lipinski definition) is 0. The van der Waals surface area contributed by atoms with Gasteiger partial charge >= 0.3 is 0 Å². The molecule has 3 aromatic rings. The Kier molecular flexibility index (Phi) is 5.45. The van der Waals surface area contributed by atoms with Crippen LogP contribution in [0.15, 0.2) is 48.7 Å². The van der Waals surface area contributed by atoms with Crippen LogP contribution in [0, 0.1) is 0 Å². The van der Waals surface area contributed by atoms with Gasteiger partial charge in [0.15, 0.2) is 11.5 Å². The Labute approximate surface area is 174 Å². The Morgan fingerprint density at radius 3 is 2.45 bits per heavy atom. The van der Waals surface area contributed by atoms with E-state index in [0.29, 0.717) is 35.2 Å². The van der Waals surface area contributed by atoms with Gasteiger partial charge in [0.2, 0.25) is 0 Å². The summed E-state index contributed by atoms with van der Waals surface area (Å²) in [5, 5.41) is 1.74. The quantitative estimate of drug-likeness (QED) is 0.652. The van der Waals surface area contributed by atoms with Crippen molar-refractivity contribution in [3.63, 3.8) is 0 Å². The van der Waals surface area contributed by atoms with Crippen molar-refractivity contribution in [2.75, 3.05) is 45.3 Å². The molecule has 0 spiro atoms. The van der Waals surface area contributed by atoms with Crippen LogP contribution in [0.3, 0.4) is 0 Å². The van der Waals surface area contributed by atoms with Crippen molar-refractivity contribution in [1.29, 1.82) is 0 Å². The standard InChI is InChI=1S/C22H22ClN3O3/c1-28-20-6-3-15(13-21(20)29-2)22(27)26-11-9-25(10-12-26)19-7-8-24-18-14-16(23)4-5-17(18)19/h3-8,13-14H,9-12H2,1-2H3. The second kappa shape index (κ2) is 8.17. The molecule has 2 aromatic carbocycles. The Hall–Kier alpha value is -2.99. The number of anilines is 1. The zero-order valence-corrected chi connectivity index (χ0v) is 17.1. The summed E-state index contributed by atoms with van der Waals surface area (Å²) in [6.07, 6.45) is 1.80. The minimum absolute atomic E-state index is 0.00280. The van der Waals surface area contributed by atoms with Crippen LogP contribution in [0.4, 0.5) is 5.69 Å². The van der Waals surface area contributed by atoms with Gasteiger partial charge in [-0.2, -0.15) is 0 Å². The van der Waals surface area contributed by atoms with Gasteiger partial charge in [0, 0.05) is 54.0 Å². The van der Waals surface area contributed by atoms with Crippen molar-refractivity contribution < 1.29 is 14.3 Å². The Morgan fingerprint density at radius 2 is 1.72 bits per heavy atom. The Balaban J connectivity index is 1.49. The lowest BCUT2D eigenvalue weighted by Crippen LogP contribution is -2.48. The van der Waals surface area contributed by atoms with Gasteiger partial charge in [0.05, 0.1) is 19.7 Å². The Morgan fingerprint density at radius 1 is 0.966 bits per heavy atom. The first-order valence-corrected chi connectivity index (χ1v) is 9.79. The molecule has 7 heteroatoms. The number of piperazine rings is 1. The third-order valence-corrected chi connectivity index (χ3v) is 5.45. The molecule has 29 heavy (non-hydrogen) atoms. The normalized spacial score (nSPS) is 14.2. The molecule has 6 nitrogen and oxygen atoms in total. The summed E-state index contributed by atoms with van der Waals surface area (Å²) >= 11 is 6.10. The number of aromatic nitrogens is 1. The van der Waals surface area contributed by atoms with Gasteiger partial charge in [0.1, 0.15) is 0 Å². The van der Waals surface area contributed by atoms with E-state index in [1.807, 2.05) is 29.2 Å². The van der Waals surface area contributed by atoms with Gasteiger partial charge < -0.3 is 19.3 Å². The van der Waals surface area contributed by atoms with Gasteiger partial charge in [-0.3, -0.25) is 9.78 Å². The molecule has 150 valence electrons. The van der Waals surface area contributed by atoms with E-state index in [-0.39, 0.29) is 5.91 Å². The largest absolute Gasteiger partial charge is 0.493 e. The lowest BCUT2D eigenvalue weighted by Gasteiger charge is -2.36. The molecule has 1 saturated heterocycles. The molecular formula is C22H22ClN3O3. The zero-order valence-electron chi connectivity index (χ0n) is 16.4. The molecule has 1 aliphatic heterocycles. The van der Waals surface area contributed by atoms with Crippen LogP contribution in [-0.4, -0.2) is 56.2 Å². The van der Waals surface area contributed by atoms with Crippen molar-refractivity contribution in [2.24, 2.45) is 0 Å². The van der Waals surface area contributed by atoms with E-state index in [1.54, 1.807) is 38.6 Å². The van der Waals surface area contributed by atoms with Gasteiger partial charge in [-0.05, 0) is 42.5 Å². The summed E-state index contributed by atoms with van der Waals surface area (Å²) < 4.78 is 10.6. The maximum atomic E-state index is 12.9. The van der Waals surface area contributed by atoms with E-state index in [4.69, 9.17) is 21.1 Å². The number of carbonyl (C=O) groups is 1. The molecule has 2 heterocycles. The first-order chi connectivity index (χ1) is 14.1. The molecule has 0 atom stereocenters. The highest BCUT2D eigenvalue weighted by Crippen LogP contribution is 2.30. The van der Waals surface area contributed by atoms with Crippen LogP contribution in [0.25, 0.3) is 10.9 Å². The number of amides is 1. The fourth-order valence-electron chi connectivity index (χ4n) is 3.68. The SMILES string of the molecule is COc1ccc(C(=O)N2CCN(c3ccnc4cc(Cl)ccc34)CC2)cc1OC. The van der Waals surface area contributed by atoms with E-state index in [0.717, 1.165) is 29.7 Å². The highest BCUT2D eigenvalue weighted by molar-refractivity contribution is 6.31. The average Bonchev–Trinajstić information content (AvgIpc) is 2.77. The highest BCUT2D eigenvalue weighted by atomic mass is 35.5. The van der Waals surface area contributed by atoms with Crippen molar-refractivity contribution in [3.05, 3.63) is 59.2 Å². The summed E-state index contributed by atoms with van der Waals surface area (Å²) in [7, 11) is 3.15. The number of halogens is 1. The molecular weight excluding hydrogens is 390 g/mol. The molecule has 1 aliphatic rings. The van der Waals surface area contributed by atoms with E-state index in [1.165, 1.54) is 0 Å². The number of pyridine rings is 1. The second-order valence-electron chi connectivity index (χ2n) is 6.84. The fraction of sp³-hybridized carbons (Fsp3) is 0.273. The molecule has 0 aliphatic carbocycles. The van der Waals surface area contributed by atoms with Crippen LogP contribution in [0.5, 0.6) is 11.5 Å². The van der Waals surface area contributed by atoms with Gasteiger partial charge in [-0.25, -0.2) is 0 Å². The third-order valence-electron chi connectivity index (χ3n) is 5.22. The summed E-state index contributed by atoms with van der Waals surface area (Å²) in [4.78, 5) is 21.5. The maximum Gasteiger partial charge on any atom is 0.254 e. The predicted molar refractivity (Wildman–Crippen MR) is 114 cm³/mol. The number of benzene rings is 2. The van der Waals surface area contributed by atoms with Crippen molar-refractivity contribution in [2.45, 2.75) is 0 Å². The smallest absolute Gasteiger partial charge is 0.254 e. The van der Waals surface area contributed by atoms with Crippen LogP contribution < -0.4 is 14.4 Å². The molecule has 0 bridgehead atoms. The van der Waals surface area contributed by atoms with Crippen molar-refractivity contribution in [1.82, 2.24) is 9.88 Å². The number of hydrogen-bond acceptors (Lipinski definition) is 5. The third kappa shape index (κ3) is 3.80. The molecule has 1 fully saturated rings.